The van der Waals surface area contributed by atoms with Crippen LogP contribution >= 0.6 is 0 Å². The number of pyridine rings is 1. The van der Waals surface area contributed by atoms with Crippen LogP contribution in [0.1, 0.15) is 24.6 Å². The number of amidine groups is 1. The van der Waals surface area contributed by atoms with Crippen LogP contribution in [0.15, 0.2) is 23.5 Å². The number of aromatic nitrogens is 1. The van der Waals surface area contributed by atoms with Crippen molar-refractivity contribution in [2.24, 2.45) is 10.9 Å². The van der Waals surface area contributed by atoms with Gasteiger partial charge in [-0.2, -0.15) is 0 Å². The van der Waals surface area contributed by atoms with Crippen LogP contribution in [0.3, 0.4) is 0 Å². The molecule has 15 heavy (non-hydrogen) atoms. The first kappa shape index (κ1) is 11.5. The second-order valence-corrected chi connectivity index (χ2v) is 3.17. The summed E-state index contributed by atoms with van der Waals surface area (Å²) in [4.78, 5) is 4.07. The van der Waals surface area contributed by atoms with Gasteiger partial charge in [-0.1, -0.05) is 18.1 Å². The van der Waals surface area contributed by atoms with Gasteiger partial charge in [0, 0.05) is 12.7 Å². The maximum Gasteiger partial charge on any atom is 0.189 e. The maximum atomic E-state index is 8.59. The molecule has 0 amide bonds. The monoisotopic (exact) mass is 208 g/mol. The summed E-state index contributed by atoms with van der Waals surface area (Å²) in [6.07, 6.45) is 2.69. The summed E-state index contributed by atoms with van der Waals surface area (Å²) in [5.41, 5.74) is 6.97. The average molecular weight is 208 g/mol. The fourth-order valence-corrected chi connectivity index (χ4v) is 1.26. The first-order chi connectivity index (χ1) is 7.29. The van der Waals surface area contributed by atoms with Gasteiger partial charge < -0.3 is 16.3 Å². The van der Waals surface area contributed by atoms with E-state index in [0.29, 0.717) is 12.2 Å². The molecule has 1 rings (SSSR count). The second-order valence-electron chi connectivity index (χ2n) is 3.17. The Morgan fingerprint density at radius 1 is 1.67 bits per heavy atom. The van der Waals surface area contributed by atoms with E-state index in [1.807, 2.05) is 12.1 Å². The number of hydrogen-bond donors (Lipinski definition) is 3. The summed E-state index contributed by atoms with van der Waals surface area (Å²) >= 11 is 0. The summed E-state index contributed by atoms with van der Waals surface area (Å²) < 4.78 is 0. The minimum absolute atomic E-state index is 0.0453. The van der Waals surface area contributed by atoms with Crippen molar-refractivity contribution in [2.45, 2.75) is 19.9 Å². The molecule has 0 unspecified atom stereocenters. The summed E-state index contributed by atoms with van der Waals surface area (Å²) in [7, 11) is 0. The van der Waals surface area contributed by atoms with Crippen molar-refractivity contribution in [1.82, 2.24) is 10.3 Å². The van der Waals surface area contributed by atoms with E-state index < -0.39 is 0 Å². The van der Waals surface area contributed by atoms with E-state index >= 15 is 0 Å². The lowest BCUT2D eigenvalue weighted by atomic mass is 10.2. The zero-order valence-corrected chi connectivity index (χ0v) is 8.77. The van der Waals surface area contributed by atoms with E-state index in [1.165, 1.54) is 0 Å². The summed E-state index contributed by atoms with van der Waals surface area (Å²) in [5, 5.41) is 14.8. The lowest BCUT2D eigenvalue weighted by Gasteiger charge is -2.07. The molecule has 5 heteroatoms. The molecular formula is C10H16N4O. The van der Waals surface area contributed by atoms with Crippen LogP contribution in [0.2, 0.25) is 0 Å². The van der Waals surface area contributed by atoms with Gasteiger partial charge in [-0.15, -0.1) is 0 Å². The minimum atomic E-state index is 0.0453. The number of rotatable bonds is 5. The van der Waals surface area contributed by atoms with Gasteiger partial charge >= 0.3 is 0 Å². The van der Waals surface area contributed by atoms with Crippen molar-refractivity contribution >= 4 is 5.84 Å². The van der Waals surface area contributed by atoms with E-state index in [1.54, 1.807) is 6.20 Å². The molecule has 1 heterocycles. The number of nitrogens with one attached hydrogen (secondary N) is 1. The van der Waals surface area contributed by atoms with E-state index in [0.717, 1.165) is 18.5 Å². The molecule has 0 saturated carbocycles. The molecule has 0 aromatic carbocycles. The van der Waals surface area contributed by atoms with Gasteiger partial charge in [-0.25, -0.2) is 0 Å². The Hall–Kier alpha value is -1.62. The first-order valence-corrected chi connectivity index (χ1v) is 4.92. The van der Waals surface area contributed by atoms with Gasteiger partial charge in [0.05, 0.1) is 0 Å². The quantitative estimate of drug-likeness (QED) is 0.218. The summed E-state index contributed by atoms with van der Waals surface area (Å²) in [6.45, 7) is 3.71. The van der Waals surface area contributed by atoms with Crippen molar-refractivity contribution < 1.29 is 5.21 Å². The third-order valence-electron chi connectivity index (χ3n) is 1.98. The van der Waals surface area contributed by atoms with Crippen LogP contribution in [-0.4, -0.2) is 22.6 Å². The Morgan fingerprint density at radius 2 is 2.47 bits per heavy atom. The Kier molecular flexibility index (Phi) is 4.56. The third kappa shape index (κ3) is 3.21. The Morgan fingerprint density at radius 3 is 3.13 bits per heavy atom. The second kappa shape index (κ2) is 5.98. The highest BCUT2D eigenvalue weighted by Crippen LogP contribution is 2.04. The zero-order chi connectivity index (χ0) is 11.1. The van der Waals surface area contributed by atoms with E-state index in [2.05, 4.69) is 22.4 Å². The van der Waals surface area contributed by atoms with Crippen molar-refractivity contribution in [3.63, 3.8) is 0 Å². The fourth-order valence-electron chi connectivity index (χ4n) is 1.26. The topological polar surface area (TPSA) is 83.5 Å². The molecule has 0 spiro atoms. The molecule has 5 nitrogen and oxygen atoms in total. The molecule has 0 radical (unpaired) electrons. The highest BCUT2D eigenvalue weighted by Gasteiger charge is 2.06. The van der Waals surface area contributed by atoms with Gasteiger partial charge in [-0.05, 0) is 24.6 Å². The Bertz CT molecular complexity index is 338. The van der Waals surface area contributed by atoms with E-state index in [9.17, 15) is 0 Å². The minimum Gasteiger partial charge on any atom is -0.409 e. The molecular weight excluding hydrogens is 192 g/mol. The summed E-state index contributed by atoms with van der Waals surface area (Å²) in [6, 6.07) is 3.74. The van der Waals surface area contributed by atoms with Gasteiger partial charge in [0.25, 0.3) is 0 Å². The van der Waals surface area contributed by atoms with Gasteiger partial charge in [0.2, 0.25) is 0 Å². The summed E-state index contributed by atoms with van der Waals surface area (Å²) in [5.74, 6) is 0.0453. The van der Waals surface area contributed by atoms with Crippen molar-refractivity contribution in [3.05, 3.63) is 29.6 Å². The van der Waals surface area contributed by atoms with E-state index in [4.69, 9.17) is 10.9 Å². The van der Waals surface area contributed by atoms with Crippen LogP contribution in [0, 0.1) is 0 Å². The molecule has 0 saturated heterocycles. The van der Waals surface area contributed by atoms with Gasteiger partial charge in [0.15, 0.2) is 5.84 Å². The molecule has 0 aliphatic rings. The molecule has 1 aromatic rings. The Balaban J connectivity index is 2.77. The lowest BCUT2D eigenvalue weighted by molar-refractivity contribution is 0.318. The van der Waals surface area contributed by atoms with Crippen molar-refractivity contribution in [2.75, 3.05) is 6.54 Å². The molecule has 0 aliphatic carbocycles. The highest BCUT2D eigenvalue weighted by atomic mass is 16.4. The number of hydrogen-bond acceptors (Lipinski definition) is 4. The predicted molar refractivity (Wildman–Crippen MR) is 58.7 cm³/mol. The van der Waals surface area contributed by atoms with Crippen molar-refractivity contribution in [3.8, 4) is 0 Å². The molecule has 4 N–H and O–H groups in total. The van der Waals surface area contributed by atoms with Crippen LogP contribution < -0.4 is 11.1 Å². The maximum absolute atomic E-state index is 8.59. The largest absolute Gasteiger partial charge is 0.409 e. The van der Waals surface area contributed by atoms with Crippen LogP contribution in [0.4, 0.5) is 0 Å². The molecule has 0 atom stereocenters. The standard InChI is InChI=1S/C10H16N4O/c1-2-5-12-7-8-4-3-6-13-9(8)10(11)14-15/h3-4,6,12,15H,2,5,7H2,1H3,(H2,11,14). The fraction of sp³-hybridized carbons (Fsp3) is 0.400. The van der Waals surface area contributed by atoms with Gasteiger partial charge in [0.1, 0.15) is 5.69 Å². The predicted octanol–water partition coefficient (Wildman–Crippen LogP) is 0.676. The van der Waals surface area contributed by atoms with Crippen LogP contribution in [0.5, 0.6) is 0 Å². The van der Waals surface area contributed by atoms with Crippen LogP contribution in [-0.2, 0) is 6.54 Å². The molecule has 0 aliphatic heterocycles. The molecule has 1 aromatic heterocycles. The lowest BCUT2D eigenvalue weighted by Crippen LogP contribution is -2.21. The first-order valence-electron chi connectivity index (χ1n) is 4.92. The van der Waals surface area contributed by atoms with E-state index in [-0.39, 0.29) is 5.84 Å². The number of nitrogens with zero attached hydrogens (tertiary/aromatic N) is 2. The smallest absolute Gasteiger partial charge is 0.189 e. The average Bonchev–Trinajstić information content (AvgIpc) is 2.29. The molecule has 0 bridgehead atoms. The number of oxime groups is 1. The highest BCUT2D eigenvalue weighted by molar-refractivity contribution is 5.96. The number of nitrogens with two attached hydrogens (primary N) is 1. The normalized spacial score (nSPS) is 11.7. The molecule has 82 valence electrons. The Labute approximate surface area is 89.0 Å². The zero-order valence-electron chi connectivity index (χ0n) is 8.77. The van der Waals surface area contributed by atoms with Crippen molar-refractivity contribution in [1.29, 1.82) is 0 Å². The third-order valence-corrected chi connectivity index (χ3v) is 1.98. The van der Waals surface area contributed by atoms with Crippen LogP contribution in [0.25, 0.3) is 0 Å². The van der Waals surface area contributed by atoms with Gasteiger partial charge in [-0.3, -0.25) is 4.98 Å². The molecule has 0 fully saturated rings. The SMILES string of the molecule is CCCNCc1cccnc1C(N)=NO.